The highest BCUT2D eigenvalue weighted by atomic mass is 32.2. The molecule has 13 heteroatoms. The SMILES string of the molecule is COc1ccc(-n2nc(C(F)(F)F)c3c2C(=O)N(c2ccc(C(=O)N(C)C)cc2)CC3)c(C(=O)N2CCSCC2)c1. The van der Waals surface area contributed by atoms with Crippen LogP contribution in [0.1, 0.15) is 42.5 Å². The highest BCUT2D eigenvalue weighted by molar-refractivity contribution is 7.99. The molecule has 3 aromatic rings. The van der Waals surface area contributed by atoms with Gasteiger partial charge in [0.05, 0.1) is 18.4 Å². The Balaban J connectivity index is 1.62. The zero-order chi connectivity index (χ0) is 29.5. The molecule has 0 aliphatic carbocycles. The van der Waals surface area contributed by atoms with Crippen molar-refractivity contribution in [2.75, 3.05) is 57.2 Å². The number of alkyl halides is 3. The molecule has 2 aliphatic rings. The molecule has 41 heavy (non-hydrogen) atoms. The monoisotopic (exact) mass is 587 g/mol. The Kier molecular flexibility index (Phi) is 7.73. The maximum absolute atomic E-state index is 14.2. The van der Waals surface area contributed by atoms with Crippen LogP contribution in [0.25, 0.3) is 5.69 Å². The second-order valence-electron chi connectivity index (χ2n) is 9.83. The number of rotatable bonds is 5. The van der Waals surface area contributed by atoms with Crippen molar-refractivity contribution in [3.63, 3.8) is 0 Å². The first-order chi connectivity index (χ1) is 19.5. The number of carbonyl (C=O) groups is 3. The fourth-order valence-electron chi connectivity index (χ4n) is 4.99. The summed E-state index contributed by atoms with van der Waals surface area (Å²) in [7, 11) is 4.67. The maximum atomic E-state index is 14.2. The van der Waals surface area contributed by atoms with E-state index in [1.807, 2.05) is 0 Å². The summed E-state index contributed by atoms with van der Waals surface area (Å²) in [5, 5.41) is 3.89. The lowest BCUT2D eigenvalue weighted by Gasteiger charge is -2.29. The minimum atomic E-state index is -4.81. The van der Waals surface area contributed by atoms with E-state index in [9.17, 15) is 27.6 Å². The number of amides is 3. The largest absolute Gasteiger partial charge is 0.497 e. The van der Waals surface area contributed by atoms with Gasteiger partial charge >= 0.3 is 6.18 Å². The fraction of sp³-hybridized carbons (Fsp3) is 0.357. The van der Waals surface area contributed by atoms with E-state index in [0.717, 1.165) is 16.2 Å². The van der Waals surface area contributed by atoms with Gasteiger partial charge in [-0.25, -0.2) is 4.68 Å². The van der Waals surface area contributed by atoms with Gasteiger partial charge in [0.15, 0.2) is 5.69 Å². The van der Waals surface area contributed by atoms with Crippen LogP contribution < -0.4 is 9.64 Å². The number of aromatic nitrogens is 2. The highest BCUT2D eigenvalue weighted by Crippen LogP contribution is 2.38. The lowest BCUT2D eigenvalue weighted by atomic mass is 10.0. The number of methoxy groups -OCH3 is 1. The summed E-state index contributed by atoms with van der Waals surface area (Å²) >= 11 is 1.71. The molecule has 2 aromatic carbocycles. The van der Waals surface area contributed by atoms with Crippen LogP contribution in [0.3, 0.4) is 0 Å². The van der Waals surface area contributed by atoms with E-state index in [0.29, 0.717) is 30.1 Å². The Labute approximate surface area is 238 Å². The molecule has 216 valence electrons. The number of thioether (sulfide) groups is 1. The lowest BCUT2D eigenvalue weighted by Crippen LogP contribution is -2.40. The first kappa shape index (κ1) is 28.5. The van der Waals surface area contributed by atoms with E-state index < -0.39 is 17.8 Å². The van der Waals surface area contributed by atoms with Crippen LogP contribution in [0, 0.1) is 0 Å². The number of hydrogen-bond donors (Lipinski definition) is 0. The molecule has 2 aliphatic heterocycles. The van der Waals surface area contributed by atoms with E-state index >= 15 is 0 Å². The van der Waals surface area contributed by atoms with Crippen molar-refractivity contribution in [3.8, 4) is 11.4 Å². The van der Waals surface area contributed by atoms with Crippen molar-refractivity contribution in [1.82, 2.24) is 19.6 Å². The molecule has 3 amide bonds. The Morgan fingerprint density at radius 1 is 1.02 bits per heavy atom. The molecule has 1 saturated heterocycles. The molecular formula is C28H28F3N5O4S. The minimum absolute atomic E-state index is 0.0125. The van der Waals surface area contributed by atoms with E-state index in [1.165, 1.54) is 35.1 Å². The van der Waals surface area contributed by atoms with Gasteiger partial charge in [-0.1, -0.05) is 0 Å². The van der Waals surface area contributed by atoms with Gasteiger partial charge in [-0.15, -0.1) is 0 Å². The standard InChI is InChI=1S/C28H28F3N5O4S/c1-33(2)25(37)17-4-6-18(7-5-17)35-11-10-20-23(27(35)39)36(32-24(20)28(29,30)31)22-9-8-19(40-3)16-21(22)26(38)34-12-14-41-15-13-34/h4-9,16H,10-15H2,1-3H3. The summed E-state index contributed by atoms with van der Waals surface area (Å²) < 4.78 is 48.8. The van der Waals surface area contributed by atoms with E-state index in [1.54, 1.807) is 55.0 Å². The van der Waals surface area contributed by atoms with Gasteiger partial charge in [0.2, 0.25) is 0 Å². The average Bonchev–Trinajstić information content (AvgIpc) is 3.38. The Bertz CT molecular complexity index is 1500. The summed E-state index contributed by atoms with van der Waals surface area (Å²) in [6.07, 6.45) is -4.91. The van der Waals surface area contributed by atoms with Gasteiger partial charge in [-0.2, -0.15) is 30.0 Å². The lowest BCUT2D eigenvalue weighted by molar-refractivity contribution is -0.141. The second-order valence-corrected chi connectivity index (χ2v) is 11.1. The molecule has 1 fully saturated rings. The summed E-state index contributed by atoms with van der Waals surface area (Å²) in [6, 6.07) is 10.7. The third-order valence-electron chi connectivity index (χ3n) is 7.08. The topological polar surface area (TPSA) is 88.0 Å². The summed E-state index contributed by atoms with van der Waals surface area (Å²) in [4.78, 5) is 44.2. The predicted octanol–water partition coefficient (Wildman–Crippen LogP) is 3.99. The summed E-state index contributed by atoms with van der Waals surface area (Å²) in [6.45, 7) is 0.968. The van der Waals surface area contributed by atoms with Gasteiger partial charge in [0.25, 0.3) is 17.7 Å². The van der Waals surface area contributed by atoms with Crippen LogP contribution in [-0.4, -0.2) is 89.6 Å². The van der Waals surface area contributed by atoms with Crippen molar-refractivity contribution < 1.29 is 32.3 Å². The third-order valence-corrected chi connectivity index (χ3v) is 8.02. The van der Waals surface area contributed by atoms with Gasteiger partial charge in [0.1, 0.15) is 11.4 Å². The summed E-state index contributed by atoms with van der Waals surface area (Å²) in [5.74, 6) is 0.545. The van der Waals surface area contributed by atoms with Crippen LogP contribution in [0.2, 0.25) is 0 Å². The number of nitrogens with zero attached hydrogens (tertiary/aromatic N) is 5. The first-order valence-corrected chi connectivity index (χ1v) is 14.0. The van der Waals surface area contributed by atoms with Crippen molar-refractivity contribution in [2.45, 2.75) is 12.6 Å². The van der Waals surface area contributed by atoms with E-state index in [-0.39, 0.29) is 47.3 Å². The number of carbonyl (C=O) groups excluding carboxylic acids is 3. The maximum Gasteiger partial charge on any atom is 0.435 e. The number of ether oxygens (including phenoxy) is 1. The number of halogens is 3. The van der Waals surface area contributed by atoms with Crippen molar-refractivity contribution in [2.24, 2.45) is 0 Å². The normalized spacial score (nSPS) is 15.5. The second kappa shape index (κ2) is 11.1. The van der Waals surface area contributed by atoms with E-state index in [4.69, 9.17) is 4.74 Å². The molecule has 0 saturated carbocycles. The fourth-order valence-corrected chi connectivity index (χ4v) is 5.89. The molecule has 0 bridgehead atoms. The van der Waals surface area contributed by atoms with Crippen LogP contribution >= 0.6 is 11.8 Å². The molecular weight excluding hydrogens is 559 g/mol. The molecule has 5 rings (SSSR count). The predicted molar refractivity (Wildman–Crippen MR) is 148 cm³/mol. The molecule has 0 radical (unpaired) electrons. The third kappa shape index (κ3) is 5.37. The zero-order valence-electron chi connectivity index (χ0n) is 22.7. The molecule has 0 unspecified atom stereocenters. The molecule has 3 heterocycles. The highest BCUT2D eigenvalue weighted by Gasteiger charge is 2.44. The Morgan fingerprint density at radius 2 is 1.71 bits per heavy atom. The van der Waals surface area contributed by atoms with Crippen LogP contribution in [-0.2, 0) is 12.6 Å². The first-order valence-electron chi connectivity index (χ1n) is 12.9. The van der Waals surface area contributed by atoms with Gasteiger partial charge in [-0.05, 0) is 48.9 Å². The van der Waals surface area contributed by atoms with Crippen LogP contribution in [0.15, 0.2) is 42.5 Å². The number of benzene rings is 2. The van der Waals surface area contributed by atoms with Crippen molar-refractivity contribution >= 4 is 35.2 Å². The number of fused-ring (bicyclic) bond motifs is 1. The summed E-state index contributed by atoms with van der Waals surface area (Å²) in [5.41, 5.74) is -0.655. The van der Waals surface area contributed by atoms with Crippen molar-refractivity contribution in [1.29, 1.82) is 0 Å². The molecule has 0 N–H and O–H groups in total. The Morgan fingerprint density at radius 3 is 2.32 bits per heavy atom. The minimum Gasteiger partial charge on any atom is -0.497 e. The smallest absolute Gasteiger partial charge is 0.435 e. The van der Waals surface area contributed by atoms with Crippen LogP contribution in [0.4, 0.5) is 18.9 Å². The quantitative estimate of drug-likeness (QED) is 0.449. The number of anilines is 1. The van der Waals surface area contributed by atoms with Crippen LogP contribution in [0.5, 0.6) is 5.75 Å². The molecule has 0 spiro atoms. The van der Waals surface area contributed by atoms with Gasteiger partial charge in [0, 0.05) is 62.0 Å². The molecule has 0 atom stereocenters. The Hall–Kier alpha value is -4.00. The molecule has 1 aromatic heterocycles. The average molecular weight is 588 g/mol. The van der Waals surface area contributed by atoms with E-state index in [2.05, 4.69) is 5.10 Å². The molecule has 9 nitrogen and oxygen atoms in total. The van der Waals surface area contributed by atoms with Crippen molar-refractivity contribution in [3.05, 3.63) is 70.5 Å². The van der Waals surface area contributed by atoms with Gasteiger partial charge in [-0.3, -0.25) is 14.4 Å². The zero-order valence-corrected chi connectivity index (χ0v) is 23.5. The number of hydrogen-bond acceptors (Lipinski definition) is 6. The van der Waals surface area contributed by atoms with Gasteiger partial charge < -0.3 is 19.4 Å².